The molecule has 0 aromatic carbocycles. The summed E-state index contributed by atoms with van der Waals surface area (Å²) in [6.45, 7) is 6.31. The molecule has 2 rings (SSSR count). The number of hydrogen-bond donors (Lipinski definition) is 2. The summed E-state index contributed by atoms with van der Waals surface area (Å²) in [5.74, 6) is 10.3. The van der Waals surface area contributed by atoms with E-state index in [9.17, 15) is 0 Å². The van der Waals surface area contributed by atoms with Crippen LogP contribution in [0.2, 0.25) is 0 Å². The van der Waals surface area contributed by atoms with Gasteiger partial charge in [0.25, 0.3) is 0 Å². The molecule has 0 radical (unpaired) electrons. The van der Waals surface area contributed by atoms with Gasteiger partial charge in [0.1, 0.15) is 11.6 Å². The van der Waals surface area contributed by atoms with Crippen molar-refractivity contribution < 1.29 is 0 Å². The lowest BCUT2D eigenvalue weighted by Crippen LogP contribution is -2.24. The van der Waals surface area contributed by atoms with E-state index in [0.717, 1.165) is 23.7 Å². The molecule has 4 nitrogen and oxygen atoms in total. The maximum absolute atomic E-state index is 6.05. The number of nitrogens with two attached hydrogens (primary N) is 2. The molecule has 0 saturated carbocycles. The lowest BCUT2D eigenvalue weighted by atomic mass is 9.96. The molecule has 1 saturated heterocycles. The van der Waals surface area contributed by atoms with Crippen LogP contribution in [-0.2, 0) is 5.41 Å². The van der Waals surface area contributed by atoms with E-state index in [2.05, 4.69) is 25.8 Å². The van der Waals surface area contributed by atoms with Gasteiger partial charge in [-0.3, -0.25) is 0 Å². The summed E-state index contributed by atoms with van der Waals surface area (Å²) < 4.78 is 1.55. The van der Waals surface area contributed by atoms with E-state index in [4.69, 9.17) is 11.6 Å². The van der Waals surface area contributed by atoms with Gasteiger partial charge in [0, 0.05) is 17.1 Å². The summed E-state index contributed by atoms with van der Waals surface area (Å²) in [6.07, 6.45) is 1.16. The molecule has 1 atom stereocenters. The van der Waals surface area contributed by atoms with Gasteiger partial charge in [-0.25, -0.2) is 9.66 Å². The normalized spacial score (nSPS) is 21.6. The van der Waals surface area contributed by atoms with Gasteiger partial charge < -0.3 is 11.6 Å². The molecule has 0 amide bonds. The van der Waals surface area contributed by atoms with Crippen LogP contribution in [0.1, 0.15) is 44.6 Å². The van der Waals surface area contributed by atoms with Gasteiger partial charge in [-0.15, -0.1) is 0 Å². The summed E-state index contributed by atoms with van der Waals surface area (Å²) in [7, 11) is 0. The van der Waals surface area contributed by atoms with E-state index in [-0.39, 0.29) is 5.41 Å². The predicted octanol–water partition coefficient (Wildman–Crippen LogP) is 1.70. The first-order chi connectivity index (χ1) is 7.41. The van der Waals surface area contributed by atoms with Crippen LogP contribution in [0.4, 0.5) is 5.82 Å². The molecular weight excluding hydrogens is 220 g/mol. The maximum atomic E-state index is 6.05. The molecule has 16 heavy (non-hydrogen) atoms. The van der Waals surface area contributed by atoms with Crippen LogP contribution in [0.5, 0.6) is 0 Å². The zero-order valence-corrected chi connectivity index (χ0v) is 11.0. The highest BCUT2D eigenvalue weighted by Gasteiger charge is 2.29. The molecular formula is C11H20N4S. The van der Waals surface area contributed by atoms with E-state index < -0.39 is 0 Å². The monoisotopic (exact) mass is 240 g/mol. The summed E-state index contributed by atoms with van der Waals surface area (Å²) in [5.41, 5.74) is 6.98. The minimum Gasteiger partial charge on any atom is -0.382 e. The van der Waals surface area contributed by atoms with Crippen molar-refractivity contribution in [3.05, 3.63) is 11.5 Å². The Kier molecular flexibility index (Phi) is 2.82. The molecule has 1 fully saturated rings. The first-order valence-electron chi connectivity index (χ1n) is 5.62. The Morgan fingerprint density at radius 1 is 1.44 bits per heavy atom. The van der Waals surface area contributed by atoms with Crippen molar-refractivity contribution in [1.82, 2.24) is 9.66 Å². The first kappa shape index (κ1) is 11.6. The summed E-state index contributed by atoms with van der Waals surface area (Å²) in [5, 5.41) is 0. The van der Waals surface area contributed by atoms with Crippen molar-refractivity contribution in [2.24, 2.45) is 0 Å². The number of hydrogen-bond acceptors (Lipinski definition) is 4. The fourth-order valence-corrected chi connectivity index (χ4v) is 3.27. The standard InChI is InChI=1S/C11H20N4S/c1-11(2,3)10-14-8(9(12)15(10)13)7-4-5-16-6-7/h7H,4-6,12-13H2,1-3H3. The SMILES string of the molecule is CC(C)(C)c1nc(C2CCSC2)c(N)n1N. The van der Waals surface area contributed by atoms with Crippen molar-refractivity contribution in [3.63, 3.8) is 0 Å². The Morgan fingerprint density at radius 2 is 2.12 bits per heavy atom. The Hall–Kier alpha value is -0.840. The topological polar surface area (TPSA) is 69.9 Å². The molecule has 1 aromatic heterocycles. The molecule has 90 valence electrons. The quantitative estimate of drug-likeness (QED) is 0.733. The van der Waals surface area contributed by atoms with Gasteiger partial charge in [0.15, 0.2) is 0 Å². The summed E-state index contributed by atoms with van der Waals surface area (Å²) >= 11 is 1.96. The Morgan fingerprint density at radius 3 is 2.56 bits per heavy atom. The fourth-order valence-electron chi connectivity index (χ4n) is 2.04. The van der Waals surface area contributed by atoms with E-state index in [1.165, 1.54) is 5.75 Å². The lowest BCUT2D eigenvalue weighted by molar-refractivity contribution is 0.529. The molecule has 1 aliphatic rings. The van der Waals surface area contributed by atoms with Crippen molar-refractivity contribution in [3.8, 4) is 0 Å². The van der Waals surface area contributed by atoms with Crippen LogP contribution >= 0.6 is 11.8 Å². The van der Waals surface area contributed by atoms with Gasteiger partial charge in [0.05, 0.1) is 5.69 Å². The van der Waals surface area contributed by atoms with Crippen LogP contribution in [0.15, 0.2) is 0 Å². The van der Waals surface area contributed by atoms with Gasteiger partial charge in [-0.05, 0) is 12.2 Å². The molecule has 0 bridgehead atoms. The van der Waals surface area contributed by atoms with Gasteiger partial charge >= 0.3 is 0 Å². The van der Waals surface area contributed by atoms with E-state index in [0.29, 0.717) is 11.7 Å². The Bertz CT molecular complexity index is 385. The second-order valence-electron chi connectivity index (χ2n) is 5.39. The van der Waals surface area contributed by atoms with Gasteiger partial charge in [0.2, 0.25) is 0 Å². The Labute approximate surface area is 101 Å². The maximum Gasteiger partial charge on any atom is 0.146 e. The van der Waals surface area contributed by atoms with Crippen LogP contribution in [-0.4, -0.2) is 21.2 Å². The van der Waals surface area contributed by atoms with Crippen molar-refractivity contribution in [2.45, 2.75) is 38.5 Å². The number of rotatable bonds is 1. The van der Waals surface area contributed by atoms with Crippen LogP contribution in [0.25, 0.3) is 0 Å². The molecule has 0 spiro atoms. The molecule has 4 N–H and O–H groups in total. The fraction of sp³-hybridized carbons (Fsp3) is 0.727. The summed E-state index contributed by atoms with van der Waals surface area (Å²) in [6, 6.07) is 0. The van der Waals surface area contributed by atoms with Crippen molar-refractivity contribution >= 4 is 17.6 Å². The van der Waals surface area contributed by atoms with Crippen LogP contribution in [0, 0.1) is 0 Å². The van der Waals surface area contributed by atoms with E-state index in [1.54, 1.807) is 4.68 Å². The highest BCUT2D eigenvalue weighted by Crippen LogP contribution is 2.36. The van der Waals surface area contributed by atoms with E-state index >= 15 is 0 Å². The highest BCUT2D eigenvalue weighted by molar-refractivity contribution is 7.99. The second-order valence-corrected chi connectivity index (χ2v) is 6.54. The number of nitrogen functional groups attached to an aromatic ring is 2. The summed E-state index contributed by atoms with van der Waals surface area (Å²) in [4.78, 5) is 4.66. The highest BCUT2D eigenvalue weighted by atomic mass is 32.2. The third-order valence-corrected chi connectivity index (χ3v) is 4.13. The minimum absolute atomic E-state index is 0.0626. The molecule has 1 aliphatic heterocycles. The number of aromatic nitrogens is 2. The number of imidazole rings is 1. The van der Waals surface area contributed by atoms with E-state index in [1.807, 2.05) is 11.8 Å². The largest absolute Gasteiger partial charge is 0.382 e. The third-order valence-electron chi connectivity index (χ3n) is 2.96. The van der Waals surface area contributed by atoms with Crippen molar-refractivity contribution in [1.29, 1.82) is 0 Å². The molecule has 5 heteroatoms. The smallest absolute Gasteiger partial charge is 0.146 e. The minimum atomic E-state index is -0.0626. The van der Waals surface area contributed by atoms with Gasteiger partial charge in [-0.1, -0.05) is 20.8 Å². The zero-order chi connectivity index (χ0) is 11.9. The molecule has 1 aromatic rings. The second kappa shape index (κ2) is 3.87. The first-order valence-corrected chi connectivity index (χ1v) is 6.78. The number of nitrogens with zero attached hydrogens (tertiary/aromatic N) is 2. The van der Waals surface area contributed by atoms with Gasteiger partial charge in [-0.2, -0.15) is 11.8 Å². The zero-order valence-electron chi connectivity index (χ0n) is 10.2. The predicted molar refractivity (Wildman–Crippen MR) is 70.2 cm³/mol. The molecule has 1 unspecified atom stereocenters. The van der Waals surface area contributed by atoms with Crippen LogP contribution in [0.3, 0.4) is 0 Å². The van der Waals surface area contributed by atoms with Crippen molar-refractivity contribution in [2.75, 3.05) is 23.1 Å². The Balaban J connectivity index is 2.40. The molecule has 2 heterocycles. The van der Waals surface area contributed by atoms with Crippen LogP contribution < -0.4 is 11.6 Å². The number of anilines is 1. The number of thioether (sulfide) groups is 1. The average molecular weight is 240 g/mol. The lowest BCUT2D eigenvalue weighted by Gasteiger charge is -2.17. The average Bonchev–Trinajstić information content (AvgIpc) is 2.75. The molecule has 0 aliphatic carbocycles. The third kappa shape index (κ3) is 1.88.